The Morgan fingerprint density at radius 2 is 1.88 bits per heavy atom. The van der Waals surface area contributed by atoms with Gasteiger partial charge in [-0.15, -0.1) is 0 Å². The topological polar surface area (TPSA) is 32.3 Å². The summed E-state index contributed by atoms with van der Waals surface area (Å²) in [6, 6.07) is 9.85. The van der Waals surface area contributed by atoms with E-state index in [1.54, 1.807) is 0 Å². The number of nitrogens with zero attached hydrogens (tertiary/aromatic N) is 1. The number of hydrogen-bond acceptors (Lipinski definition) is 2. The van der Waals surface area contributed by atoms with Gasteiger partial charge in [0.15, 0.2) is 0 Å². The summed E-state index contributed by atoms with van der Waals surface area (Å²) in [5.74, 6) is 0.761. The van der Waals surface area contributed by atoms with E-state index in [9.17, 15) is 4.79 Å². The summed E-state index contributed by atoms with van der Waals surface area (Å²) in [7, 11) is 0. The van der Waals surface area contributed by atoms with E-state index in [1.807, 2.05) is 30.3 Å². The van der Waals surface area contributed by atoms with E-state index in [4.69, 9.17) is 0 Å². The first-order valence-corrected chi connectivity index (χ1v) is 6.41. The van der Waals surface area contributed by atoms with Gasteiger partial charge in [0.05, 0.1) is 0 Å². The van der Waals surface area contributed by atoms with Gasteiger partial charge in [0.25, 0.3) is 5.91 Å². The Kier molecular flexibility index (Phi) is 2.85. The molecule has 17 heavy (non-hydrogen) atoms. The van der Waals surface area contributed by atoms with Gasteiger partial charge in [-0.2, -0.15) is 0 Å². The standard InChI is InChI=1S/C14H18N2O/c17-14(12-4-2-1-3-5-12)15-13-10-16-8-6-11(13)7-9-16/h1-5,11,13H,6-10H2,(H,15,17). The first kappa shape index (κ1) is 10.8. The number of nitrogens with one attached hydrogen (secondary N) is 1. The molecule has 2 bridgehead atoms. The van der Waals surface area contributed by atoms with Crippen molar-refractivity contribution in [1.29, 1.82) is 0 Å². The molecular weight excluding hydrogens is 212 g/mol. The van der Waals surface area contributed by atoms with Crippen LogP contribution >= 0.6 is 0 Å². The van der Waals surface area contributed by atoms with Gasteiger partial charge in [-0.05, 0) is 44.0 Å². The molecule has 0 spiro atoms. The molecule has 3 aliphatic rings. The molecule has 0 radical (unpaired) electrons. The van der Waals surface area contributed by atoms with Crippen LogP contribution in [0.3, 0.4) is 0 Å². The average molecular weight is 230 g/mol. The van der Waals surface area contributed by atoms with Gasteiger partial charge in [0.2, 0.25) is 0 Å². The number of hydrogen-bond donors (Lipinski definition) is 1. The van der Waals surface area contributed by atoms with Gasteiger partial charge in [-0.1, -0.05) is 18.2 Å². The molecule has 3 fully saturated rings. The highest BCUT2D eigenvalue weighted by atomic mass is 16.1. The van der Waals surface area contributed by atoms with Crippen LogP contribution in [0.1, 0.15) is 23.2 Å². The van der Waals surface area contributed by atoms with Crippen molar-refractivity contribution in [2.75, 3.05) is 19.6 Å². The second kappa shape index (κ2) is 4.49. The lowest BCUT2D eigenvalue weighted by Gasteiger charge is -2.44. The summed E-state index contributed by atoms with van der Waals surface area (Å²) >= 11 is 0. The largest absolute Gasteiger partial charge is 0.348 e. The molecule has 1 amide bonds. The zero-order chi connectivity index (χ0) is 11.7. The Hall–Kier alpha value is -1.35. The predicted octanol–water partition coefficient (Wildman–Crippen LogP) is 1.51. The molecule has 0 aromatic heterocycles. The normalized spacial score (nSPS) is 31.2. The second-order valence-electron chi connectivity index (χ2n) is 5.08. The van der Waals surface area contributed by atoms with Gasteiger partial charge in [-0.25, -0.2) is 0 Å². The van der Waals surface area contributed by atoms with E-state index in [1.165, 1.54) is 25.9 Å². The van der Waals surface area contributed by atoms with Gasteiger partial charge < -0.3 is 10.2 Å². The molecule has 1 unspecified atom stereocenters. The minimum atomic E-state index is 0.0735. The first-order valence-electron chi connectivity index (χ1n) is 6.41. The molecule has 0 saturated carbocycles. The molecule has 1 aromatic carbocycles. The van der Waals surface area contributed by atoms with E-state index < -0.39 is 0 Å². The summed E-state index contributed by atoms with van der Waals surface area (Å²) in [5, 5.41) is 3.19. The first-order chi connectivity index (χ1) is 8.33. The Morgan fingerprint density at radius 3 is 2.47 bits per heavy atom. The maximum Gasteiger partial charge on any atom is 0.251 e. The zero-order valence-corrected chi connectivity index (χ0v) is 9.93. The Labute approximate surface area is 102 Å². The summed E-state index contributed by atoms with van der Waals surface area (Å²) < 4.78 is 0. The van der Waals surface area contributed by atoms with E-state index >= 15 is 0 Å². The van der Waals surface area contributed by atoms with Crippen LogP contribution in [-0.2, 0) is 0 Å². The fraction of sp³-hybridized carbons (Fsp3) is 0.500. The van der Waals surface area contributed by atoms with Crippen LogP contribution in [0.25, 0.3) is 0 Å². The average Bonchev–Trinajstić information content (AvgIpc) is 2.41. The van der Waals surface area contributed by atoms with Gasteiger partial charge in [-0.3, -0.25) is 4.79 Å². The van der Waals surface area contributed by atoms with E-state index in [-0.39, 0.29) is 5.91 Å². The third kappa shape index (κ3) is 2.20. The van der Waals surface area contributed by atoms with Crippen LogP contribution in [0.15, 0.2) is 30.3 Å². The lowest BCUT2D eigenvalue weighted by Crippen LogP contribution is -2.57. The highest BCUT2D eigenvalue weighted by Crippen LogP contribution is 2.27. The van der Waals surface area contributed by atoms with E-state index in [0.717, 1.165) is 12.1 Å². The molecule has 1 N–H and O–H groups in total. The molecule has 90 valence electrons. The molecular formula is C14H18N2O. The highest BCUT2D eigenvalue weighted by Gasteiger charge is 2.34. The summed E-state index contributed by atoms with van der Waals surface area (Å²) in [6.07, 6.45) is 2.47. The molecule has 3 heteroatoms. The molecule has 1 atom stereocenters. The van der Waals surface area contributed by atoms with Gasteiger partial charge in [0.1, 0.15) is 0 Å². The lowest BCUT2D eigenvalue weighted by atomic mass is 9.84. The van der Waals surface area contributed by atoms with E-state index in [0.29, 0.717) is 12.0 Å². The van der Waals surface area contributed by atoms with Crippen molar-refractivity contribution < 1.29 is 4.79 Å². The number of fused-ring (bicyclic) bond motifs is 3. The summed E-state index contributed by atoms with van der Waals surface area (Å²) in [6.45, 7) is 3.45. The van der Waals surface area contributed by atoms with Crippen LogP contribution in [0.4, 0.5) is 0 Å². The van der Waals surface area contributed by atoms with Crippen LogP contribution in [-0.4, -0.2) is 36.5 Å². The Bertz CT molecular complexity index is 396. The summed E-state index contributed by atoms with van der Waals surface area (Å²) in [5.41, 5.74) is 0.768. The van der Waals surface area contributed by atoms with Crippen molar-refractivity contribution in [3.8, 4) is 0 Å². The third-order valence-corrected chi connectivity index (χ3v) is 4.01. The fourth-order valence-electron chi connectivity index (χ4n) is 2.97. The van der Waals surface area contributed by atoms with Crippen molar-refractivity contribution in [2.45, 2.75) is 18.9 Å². The van der Waals surface area contributed by atoms with Crippen molar-refractivity contribution >= 4 is 5.91 Å². The smallest absolute Gasteiger partial charge is 0.251 e. The van der Waals surface area contributed by atoms with Crippen molar-refractivity contribution in [3.63, 3.8) is 0 Å². The third-order valence-electron chi connectivity index (χ3n) is 4.01. The molecule has 4 rings (SSSR count). The number of piperidine rings is 3. The zero-order valence-electron chi connectivity index (χ0n) is 9.93. The minimum absolute atomic E-state index is 0.0735. The minimum Gasteiger partial charge on any atom is -0.348 e. The maximum atomic E-state index is 12.1. The monoisotopic (exact) mass is 230 g/mol. The van der Waals surface area contributed by atoms with Gasteiger partial charge >= 0.3 is 0 Å². The number of benzene rings is 1. The molecule has 3 nitrogen and oxygen atoms in total. The second-order valence-corrected chi connectivity index (χ2v) is 5.08. The SMILES string of the molecule is O=C(NC1CN2CCC1CC2)c1ccccc1. The number of carbonyl (C=O) groups is 1. The van der Waals surface area contributed by atoms with Crippen LogP contribution in [0, 0.1) is 5.92 Å². The number of carbonyl (C=O) groups excluding carboxylic acids is 1. The molecule has 1 aromatic rings. The van der Waals surface area contributed by atoms with Crippen molar-refractivity contribution in [2.24, 2.45) is 5.92 Å². The highest BCUT2D eigenvalue weighted by molar-refractivity contribution is 5.94. The molecule has 3 aliphatic heterocycles. The van der Waals surface area contributed by atoms with Crippen molar-refractivity contribution in [3.05, 3.63) is 35.9 Å². The molecule has 0 aliphatic carbocycles. The Balaban J connectivity index is 1.66. The van der Waals surface area contributed by atoms with E-state index in [2.05, 4.69) is 10.2 Å². The van der Waals surface area contributed by atoms with Crippen LogP contribution in [0.5, 0.6) is 0 Å². The van der Waals surface area contributed by atoms with Crippen LogP contribution < -0.4 is 5.32 Å². The maximum absolute atomic E-state index is 12.1. The number of rotatable bonds is 2. The quantitative estimate of drug-likeness (QED) is 0.835. The molecule has 3 saturated heterocycles. The molecule has 3 heterocycles. The Morgan fingerprint density at radius 1 is 1.18 bits per heavy atom. The predicted molar refractivity (Wildman–Crippen MR) is 66.9 cm³/mol. The van der Waals surface area contributed by atoms with Gasteiger partial charge in [0, 0.05) is 18.2 Å². The van der Waals surface area contributed by atoms with Crippen LogP contribution in [0.2, 0.25) is 0 Å². The fourth-order valence-corrected chi connectivity index (χ4v) is 2.97. The van der Waals surface area contributed by atoms with Crippen molar-refractivity contribution in [1.82, 2.24) is 10.2 Å². The lowest BCUT2D eigenvalue weighted by molar-refractivity contribution is 0.0620. The number of amides is 1. The summed E-state index contributed by atoms with van der Waals surface area (Å²) in [4.78, 5) is 14.5.